The van der Waals surface area contributed by atoms with Crippen LogP contribution < -0.4 is 5.32 Å². The predicted octanol–water partition coefficient (Wildman–Crippen LogP) is 3.06. The van der Waals surface area contributed by atoms with Crippen molar-refractivity contribution in [1.82, 2.24) is 15.2 Å². The number of piperidine rings is 1. The van der Waals surface area contributed by atoms with Crippen molar-refractivity contribution in [2.45, 2.75) is 32.1 Å². The molecular weight excluding hydrogens is 350 g/mol. The highest BCUT2D eigenvalue weighted by Crippen LogP contribution is 2.39. The van der Waals surface area contributed by atoms with E-state index in [4.69, 9.17) is 0 Å². The van der Waals surface area contributed by atoms with Gasteiger partial charge in [0.1, 0.15) is 0 Å². The second-order valence-corrected chi connectivity index (χ2v) is 8.07. The van der Waals surface area contributed by atoms with E-state index in [1.165, 1.54) is 0 Å². The summed E-state index contributed by atoms with van der Waals surface area (Å²) in [5.41, 5.74) is 2.77. The highest BCUT2D eigenvalue weighted by Gasteiger charge is 2.45. The van der Waals surface area contributed by atoms with E-state index in [1.54, 1.807) is 19.4 Å². The molecule has 1 aliphatic heterocycles. The number of carbonyl (C=O) groups is 2. The number of aromatic nitrogens is 1. The van der Waals surface area contributed by atoms with Crippen molar-refractivity contribution in [3.05, 3.63) is 54.4 Å². The summed E-state index contributed by atoms with van der Waals surface area (Å²) in [6.07, 6.45) is 7.85. The van der Waals surface area contributed by atoms with Crippen LogP contribution in [0, 0.1) is 11.3 Å². The molecule has 5 heteroatoms. The highest BCUT2D eigenvalue weighted by molar-refractivity contribution is 5.86. The van der Waals surface area contributed by atoms with Gasteiger partial charge in [-0.3, -0.25) is 14.6 Å². The van der Waals surface area contributed by atoms with Crippen molar-refractivity contribution in [2.75, 3.05) is 20.1 Å². The number of hydrogen-bond donors (Lipinski definition) is 1. The second-order valence-electron chi connectivity index (χ2n) is 8.07. The largest absolute Gasteiger partial charge is 0.359 e. The molecule has 146 valence electrons. The maximum atomic E-state index is 13.0. The van der Waals surface area contributed by atoms with Crippen LogP contribution in [-0.2, 0) is 16.0 Å². The molecule has 2 aliphatic rings. The molecule has 0 spiro atoms. The van der Waals surface area contributed by atoms with Crippen molar-refractivity contribution < 1.29 is 9.59 Å². The molecule has 1 N–H and O–H groups in total. The van der Waals surface area contributed by atoms with Crippen molar-refractivity contribution in [3.63, 3.8) is 0 Å². The standard InChI is InChI=1S/C23H27N3O2/c1-24-22(28)23(11-4-14-26(16-23)21(27)18-7-8-18)15-19-5-2-3-6-20(19)17-9-12-25-13-10-17/h2-3,5-6,9-10,12-13,18H,4,7-8,11,14-16H2,1H3,(H,24,28)/t23-/m0/s1. The van der Waals surface area contributed by atoms with Gasteiger partial charge in [-0.2, -0.15) is 0 Å². The van der Waals surface area contributed by atoms with Gasteiger partial charge in [0, 0.05) is 38.4 Å². The number of nitrogens with zero attached hydrogens (tertiary/aromatic N) is 2. The SMILES string of the molecule is CNC(=O)[C@]1(Cc2ccccc2-c2ccncc2)CCCN(C(=O)C2CC2)C1. The summed E-state index contributed by atoms with van der Waals surface area (Å²) in [6.45, 7) is 1.27. The van der Waals surface area contributed by atoms with Gasteiger partial charge in [-0.05, 0) is 60.9 Å². The average Bonchev–Trinajstić information content (AvgIpc) is 3.59. The molecule has 4 rings (SSSR count). The molecule has 28 heavy (non-hydrogen) atoms. The number of benzene rings is 1. The molecule has 0 bridgehead atoms. The Morgan fingerprint density at radius 3 is 2.64 bits per heavy atom. The first kappa shape index (κ1) is 18.7. The molecule has 2 fully saturated rings. The monoisotopic (exact) mass is 377 g/mol. The zero-order valence-electron chi connectivity index (χ0n) is 16.4. The summed E-state index contributed by atoms with van der Waals surface area (Å²) in [5.74, 6) is 0.449. The fraction of sp³-hybridized carbons (Fsp3) is 0.435. The Kier molecular flexibility index (Phi) is 5.16. The smallest absolute Gasteiger partial charge is 0.228 e. The van der Waals surface area contributed by atoms with Gasteiger partial charge in [-0.15, -0.1) is 0 Å². The minimum atomic E-state index is -0.583. The van der Waals surface area contributed by atoms with E-state index in [9.17, 15) is 9.59 Å². The number of rotatable bonds is 5. The number of hydrogen-bond acceptors (Lipinski definition) is 3. The van der Waals surface area contributed by atoms with E-state index in [0.717, 1.165) is 48.9 Å². The van der Waals surface area contributed by atoms with Crippen LogP contribution in [0.1, 0.15) is 31.2 Å². The van der Waals surface area contributed by atoms with Gasteiger partial charge >= 0.3 is 0 Å². The van der Waals surface area contributed by atoms with Crippen LogP contribution in [-0.4, -0.2) is 41.8 Å². The summed E-state index contributed by atoms with van der Waals surface area (Å²) in [5, 5.41) is 2.87. The molecule has 2 amide bonds. The van der Waals surface area contributed by atoms with Crippen molar-refractivity contribution in [1.29, 1.82) is 0 Å². The number of pyridine rings is 1. The quantitative estimate of drug-likeness (QED) is 0.871. The van der Waals surface area contributed by atoms with Gasteiger partial charge in [0.15, 0.2) is 0 Å². The number of amides is 2. The van der Waals surface area contributed by atoms with Gasteiger partial charge < -0.3 is 10.2 Å². The number of nitrogens with one attached hydrogen (secondary N) is 1. The third-order valence-electron chi connectivity index (χ3n) is 6.06. The average molecular weight is 377 g/mol. The van der Waals surface area contributed by atoms with Crippen LogP contribution in [0.3, 0.4) is 0 Å². The van der Waals surface area contributed by atoms with Crippen molar-refractivity contribution >= 4 is 11.8 Å². The first-order chi connectivity index (χ1) is 13.6. The molecule has 1 aromatic carbocycles. The first-order valence-electron chi connectivity index (χ1n) is 10.1. The molecular formula is C23H27N3O2. The Morgan fingerprint density at radius 1 is 1.18 bits per heavy atom. The lowest BCUT2D eigenvalue weighted by atomic mass is 9.73. The van der Waals surface area contributed by atoms with Crippen LogP contribution in [0.5, 0.6) is 0 Å². The molecule has 2 aromatic rings. The minimum Gasteiger partial charge on any atom is -0.359 e. The zero-order chi connectivity index (χ0) is 19.6. The lowest BCUT2D eigenvalue weighted by molar-refractivity contribution is -0.142. The van der Waals surface area contributed by atoms with E-state index < -0.39 is 5.41 Å². The van der Waals surface area contributed by atoms with Crippen molar-refractivity contribution in [2.24, 2.45) is 11.3 Å². The Labute approximate surface area is 166 Å². The Hall–Kier alpha value is -2.69. The molecule has 0 unspecified atom stereocenters. The van der Waals surface area contributed by atoms with Crippen LogP contribution in [0.25, 0.3) is 11.1 Å². The fourth-order valence-electron chi connectivity index (χ4n) is 4.44. The number of likely N-dealkylation sites (tertiary alicyclic amines) is 1. The predicted molar refractivity (Wildman–Crippen MR) is 108 cm³/mol. The maximum Gasteiger partial charge on any atom is 0.228 e. The van der Waals surface area contributed by atoms with Crippen LogP contribution in [0.2, 0.25) is 0 Å². The minimum absolute atomic E-state index is 0.0327. The van der Waals surface area contributed by atoms with Gasteiger partial charge in [0.2, 0.25) is 11.8 Å². The molecule has 5 nitrogen and oxygen atoms in total. The van der Waals surface area contributed by atoms with E-state index in [2.05, 4.69) is 22.4 Å². The highest BCUT2D eigenvalue weighted by atomic mass is 16.2. The van der Waals surface area contributed by atoms with E-state index in [0.29, 0.717) is 13.0 Å². The third kappa shape index (κ3) is 3.66. The molecule has 0 radical (unpaired) electrons. The van der Waals surface area contributed by atoms with Gasteiger partial charge in [0.05, 0.1) is 5.41 Å². The molecule has 1 aliphatic carbocycles. The van der Waals surface area contributed by atoms with E-state index in [-0.39, 0.29) is 17.7 Å². The van der Waals surface area contributed by atoms with E-state index in [1.807, 2.05) is 29.2 Å². The summed E-state index contributed by atoms with van der Waals surface area (Å²) in [4.78, 5) is 31.8. The van der Waals surface area contributed by atoms with E-state index >= 15 is 0 Å². The molecule has 1 saturated heterocycles. The lowest BCUT2D eigenvalue weighted by Gasteiger charge is -2.42. The second kappa shape index (κ2) is 7.74. The Morgan fingerprint density at radius 2 is 1.93 bits per heavy atom. The lowest BCUT2D eigenvalue weighted by Crippen LogP contribution is -2.54. The topological polar surface area (TPSA) is 62.3 Å². The summed E-state index contributed by atoms with van der Waals surface area (Å²) < 4.78 is 0. The fourth-order valence-corrected chi connectivity index (χ4v) is 4.44. The normalized spacial score (nSPS) is 22.0. The van der Waals surface area contributed by atoms with Gasteiger partial charge in [0.25, 0.3) is 0 Å². The molecule has 1 atom stereocenters. The number of carbonyl (C=O) groups excluding carboxylic acids is 2. The van der Waals surface area contributed by atoms with Gasteiger partial charge in [-0.25, -0.2) is 0 Å². The molecule has 1 aromatic heterocycles. The first-order valence-corrected chi connectivity index (χ1v) is 10.1. The molecule has 2 heterocycles. The Bertz CT molecular complexity index is 863. The van der Waals surface area contributed by atoms with Crippen molar-refractivity contribution in [3.8, 4) is 11.1 Å². The maximum absolute atomic E-state index is 13.0. The third-order valence-corrected chi connectivity index (χ3v) is 6.06. The Balaban J connectivity index is 1.66. The summed E-state index contributed by atoms with van der Waals surface area (Å²) in [6, 6.07) is 12.2. The molecule has 1 saturated carbocycles. The van der Waals surface area contributed by atoms with Crippen LogP contribution >= 0.6 is 0 Å². The van der Waals surface area contributed by atoms with Crippen LogP contribution in [0.15, 0.2) is 48.8 Å². The van der Waals surface area contributed by atoms with Gasteiger partial charge in [-0.1, -0.05) is 24.3 Å². The van der Waals surface area contributed by atoms with Crippen LogP contribution in [0.4, 0.5) is 0 Å². The summed E-state index contributed by atoms with van der Waals surface area (Å²) >= 11 is 0. The zero-order valence-corrected chi connectivity index (χ0v) is 16.4. The summed E-state index contributed by atoms with van der Waals surface area (Å²) in [7, 11) is 1.69.